The molecule has 0 aliphatic heterocycles. The Bertz CT molecular complexity index is 3540. The largest absolute Gasteiger partial charge is 0.310 e. The first-order valence-corrected chi connectivity index (χ1v) is 23.1. The summed E-state index contributed by atoms with van der Waals surface area (Å²) in [5, 5.41) is 15.1. The van der Waals surface area contributed by atoms with Crippen molar-refractivity contribution in [2.45, 2.75) is 26.7 Å². The summed E-state index contributed by atoms with van der Waals surface area (Å²) in [5.74, 6) is 0. The normalized spacial score (nSPS) is 13.7. The highest BCUT2D eigenvalue weighted by Crippen LogP contribution is 2.57. The number of anilines is 3. The molecule has 0 aromatic heterocycles. The highest BCUT2D eigenvalue weighted by molar-refractivity contribution is 6.47. The van der Waals surface area contributed by atoms with Crippen LogP contribution >= 0.6 is 0 Å². The third-order valence-corrected chi connectivity index (χ3v) is 13.2. The third-order valence-electron chi connectivity index (χ3n) is 13.2. The summed E-state index contributed by atoms with van der Waals surface area (Å²) in [5.41, 5.74) is 11.6. The van der Waals surface area contributed by atoms with Gasteiger partial charge in [-0.3, -0.25) is 0 Å². The number of benzene rings is 8. The highest BCUT2D eigenvalue weighted by Gasteiger charge is 2.30. The SMILES string of the molecule is C=C/C=C(\C=C/C)N(C(/C=C\C)=C/C=C)c1ccc2c3c(-c4ccccc4)c4c5cccc6c(N(C7=CCCC=C7)c7ccccc7)ccc(c4c(-c4ccccc4)c3c3cccc1c23)c65. The van der Waals surface area contributed by atoms with Gasteiger partial charge < -0.3 is 9.80 Å². The molecule has 0 amide bonds. The summed E-state index contributed by atoms with van der Waals surface area (Å²) in [6, 6.07) is 56.4. The zero-order valence-electron chi connectivity index (χ0n) is 37.5. The molecule has 0 atom stereocenters. The molecule has 0 unspecified atom stereocenters. The molecule has 10 aromatic rings. The van der Waals surface area contributed by atoms with E-state index >= 15 is 0 Å². The van der Waals surface area contributed by atoms with E-state index < -0.39 is 0 Å². The lowest BCUT2D eigenvalue weighted by Crippen LogP contribution is -2.20. The van der Waals surface area contributed by atoms with Crippen molar-refractivity contribution in [2.75, 3.05) is 9.80 Å². The Morgan fingerprint density at radius 1 is 0.455 bits per heavy atom. The minimum atomic E-state index is 1.01. The first-order valence-electron chi connectivity index (χ1n) is 23.1. The summed E-state index contributed by atoms with van der Waals surface area (Å²) in [4.78, 5) is 4.78. The Morgan fingerprint density at radius 2 is 0.909 bits per heavy atom. The molecule has 1 aliphatic rings. The number of allylic oxidation sites excluding steroid dienone is 11. The Hall–Kier alpha value is -8.20. The third kappa shape index (κ3) is 6.40. The Labute approximate surface area is 387 Å². The van der Waals surface area contributed by atoms with Gasteiger partial charge in [0.15, 0.2) is 0 Å². The lowest BCUT2D eigenvalue weighted by atomic mass is 9.87. The number of hydrogen-bond donors (Lipinski definition) is 0. The van der Waals surface area contributed by atoms with E-state index in [1.165, 1.54) is 98.3 Å². The molecular formula is C64H50N2. The molecule has 11 rings (SSSR count). The number of fused-ring (bicyclic) bond motifs is 6. The predicted molar refractivity (Wildman–Crippen MR) is 288 cm³/mol. The van der Waals surface area contributed by atoms with Crippen LogP contribution in [0.3, 0.4) is 0 Å². The molecule has 0 fully saturated rings. The topological polar surface area (TPSA) is 6.48 Å². The summed E-state index contributed by atoms with van der Waals surface area (Å²) in [7, 11) is 0. The monoisotopic (exact) mass is 846 g/mol. The molecular weight excluding hydrogens is 797 g/mol. The van der Waals surface area contributed by atoms with Crippen LogP contribution in [-0.2, 0) is 0 Å². The second-order valence-corrected chi connectivity index (χ2v) is 17.0. The quantitative estimate of drug-likeness (QED) is 0.113. The van der Waals surface area contributed by atoms with Gasteiger partial charge in [-0.1, -0.05) is 177 Å². The van der Waals surface area contributed by atoms with E-state index in [2.05, 4.69) is 243 Å². The second kappa shape index (κ2) is 17.1. The highest BCUT2D eigenvalue weighted by atomic mass is 15.2. The van der Waals surface area contributed by atoms with E-state index in [9.17, 15) is 0 Å². The van der Waals surface area contributed by atoms with Gasteiger partial charge >= 0.3 is 0 Å². The average molecular weight is 847 g/mol. The summed E-state index contributed by atoms with van der Waals surface area (Å²) in [6.07, 6.45) is 25.4. The molecule has 66 heavy (non-hydrogen) atoms. The smallest absolute Gasteiger partial charge is 0.0540 e. The maximum absolute atomic E-state index is 4.12. The van der Waals surface area contributed by atoms with E-state index in [1.54, 1.807) is 0 Å². The lowest BCUT2D eigenvalue weighted by Gasteiger charge is -2.29. The van der Waals surface area contributed by atoms with Crippen LogP contribution in [0.1, 0.15) is 26.7 Å². The van der Waals surface area contributed by atoms with Crippen molar-refractivity contribution in [1.29, 1.82) is 0 Å². The van der Waals surface area contributed by atoms with Gasteiger partial charge in [-0.05, 0) is 157 Å². The van der Waals surface area contributed by atoms with Gasteiger partial charge in [-0.15, -0.1) is 0 Å². The van der Waals surface area contributed by atoms with Crippen LogP contribution < -0.4 is 9.80 Å². The fourth-order valence-corrected chi connectivity index (χ4v) is 10.8. The van der Waals surface area contributed by atoms with Crippen LogP contribution in [0.2, 0.25) is 0 Å². The Balaban J connectivity index is 1.33. The number of para-hydroxylation sites is 1. The maximum Gasteiger partial charge on any atom is 0.0540 e. The lowest BCUT2D eigenvalue weighted by molar-refractivity contribution is 0.998. The zero-order valence-corrected chi connectivity index (χ0v) is 37.5. The van der Waals surface area contributed by atoms with Crippen LogP contribution in [0.4, 0.5) is 17.1 Å². The minimum Gasteiger partial charge on any atom is -0.310 e. The van der Waals surface area contributed by atoms with E-state index in [-0.39, 0.29) is 0 Å². The van der Waals surface area contributed by atoms with Gasteiger partial charge in [-0.2, -0.15) is 0 Å². The first kappa shape index (κ1) is 40.6. The minimum absolute atomic E-state index is 1.01. The first-order chi connectivity index (χ1) is 32.7. The Morgan fingerprint density at radius 3 is 1.38 bits per heavy atom. The molecule has 0 bridgehead atoms. The van der Waals surface area contributed by atoms with E-state index in [4.69, 9.17) is 0 Å². The molecule has 0 spiro atoms. The molecule has 10 aromatic carbocycles. The number of rotatable bonds is 12. The van der Waals surface area contributed by atoms with Crippen molar-refractivity contribution in [1.82, 2.24) is 0 Å². The van der Waals surface area contributed by atoms with Gasteiger partial charge in [0.1, 0.15) is 0 Å². The fraction of sp³-hybridized carbons (Fsp3) is 0.0625. The molecule has 0 heterocycles. The van der Waals surface area contributed by atoms with Crippen molar-refractivity contribution < 1.29 is 0 Å². The molecule has 0 N–H and O–H groups in total. The van der Waals surface area contributed by atoms with Crippen LogP contribution in [0.25, 0.3) is 86.9 Å². The average Bonchev–Trinajstić information content (AvgIpc) is 3.88. The van der Waals surface area contributed by atoms with Crippen molar-refractivity contribution >= 4 is 81.7 Å². The van der Waals surface area contributed by atoms with E-state index in [1.807, 2.05) is 12.2 Å². The molecule has 0 saturated heterocycles. The van der Waals surface area contributed by atoms with Gasteiger partial charge in [0.05, 0.1) is 11.4 Å². The molecule has 0 saturated carbocycles. The molecule has 2 heteroatoms. The van der Waals surface area contributed by atoms with Crippen LogP contribution in [0.15, 0.2) is 249 Å². The van der Waals surface area contributed by atoms with Crippen molar-refractivity contribution in [3.63, 3.8) is 0 Å². The van der Waals surface area contributed by atoms with Gasteiger partial charge in [0.2, 0.25) is 0 Å². The number of hydrogen-bond acceptors (Lipinski definition) is 2. The van der Waals surface area contributed by atoms with Crippen LogP contribution in [0, 0.1) is 0 Å². The Kier molecular flexibility index (Phi) is 10.5. The van der Waals surface area contributed by atoms with Crippen molar-refractivity contribution in [2.24, 2.45) is 0 Å². The summed E-state index contributed by atoms with van der Waals surface area (Å²) in [6.45, 7) is 12.4. The van der Waals surface area contributed by atoms with Gasteiger partial charge in [0.25, 0.3) is 0 Å². The van der Waals surface area contributed by atoms with Crippen LogP contribution in [-0.4, -0.2) is 0 Å². The molecule has 1 aliphatic carbocycles. The predicted octanol–water partition coefficient (Wildman–Crippen LogP) is 18.3. The standard InChI is InChI=1S/C64H50N2/c1-5-23-45(24-6-2)65(46(25-7-3)26-8-4)55-41-39-53-59-49(55)35-21-37-51(59)61-57(43-27-13-9-14-28-43)64-54-40-42-56(66(47-31-17-11-18-32-47)48-33-19-12-20-34-48)50-36-22-38-52(60(50)54)62(64)58(63(53)61)44-29-15-10-16-30-44/h5-11,13-19,21-42H,1,3,12,20H2,2,4H3/b24-6-,26-8-,45-23+,46-25+. The van der Waals surface area contributed by atoms with E-state index in [0.717, 1.165) is 35.6 Å². The maximum atomic E-state index is 4.12. The van der Waals surface area contributed by atoms with Gasteiger partial charge in [-0.25, -0.2) is 0 Å². The zero-order chi connectivity index (χ0) is 44.7. The molecule has 0 radical (unpaired) electrons. The van der Waals surface area contributed by atoms with Crippen molar-refractivity contribution in [3.05, 3.63) is 249 Å². The summed E-state index contributed by atoms with van der Waals surface area (Å²) < 4.78 is 0. The molecule has 316 valence electrons. The van der Waals surface area contributed by atoms with Crippen molar-refractivity contribution in [3.8, 4) is 22.3 Å². The van der Waals surface area contributed by atoms with Crippen LogP contribution in [0.5, 0.6) is 0 Å². The molecule has 2 nitrogen and oxygen atoms in total. The second-order valence-electron chi connectivity index (χ2n) is 17.0. The number of nitrogens with zero attached hydrogens (tertiary/aromatic N) is 2. The van der Waals surface area contributed by atoms with E-state index in [0.29, 0.717) is 0 Å². The van der Waals surface area contributed by atoms with Gasteiger partial charge in [0, 0.05) is 33.6 Å². The fourth-order valence-electron chi connectivity index (χ4n) is 10.8. The summed E-state index contributed by atoms with van der Waals surface area (Å²) >= 11 is 0.